The molecular formula is C15H10FNO3. The molecule has 20 heavy (non-hydrogen) atoms. The first kappa shape index (κ1) is 12.3. The van der Waals surface area contributed by atoms with Gasteiger partial charge >= 0.3 is 5.97 Å². The smallest absolute Gasteiger partial charge is 0.363 e. The Morgan fingerprint density at radius 1 is 1.25 bits per heavy atom. The van der Waals surface area contributed by atoms with Crippen LogP contribution in [0.25, 0.3) is 6.08 Å². The predicted molar refractivity (Wildman–Crippen MR) is 70.5 cm³/mol. The molecule has 0 unspecified atom stereocenters. The molecule has 0 radical (unpaired) electrons. The van der Waals surface area contributed by atoms with Crippen LogP contribution in [0.4, 0.5) is 4.39 Å². The van der Waals surface area contributed by atoms with Crippen molar-refractivity contribution >= 4 is 17.9 Å². The number of cyclic esters (lactones) is 1. The van der Waals surface area contributed by atoms with Crippen molar-refractivity contribution in [3.63, 3.8) is 0 Å². The Hall–Kier alpha value is -2.69. The van der Waals surface area contributed by atoms with E-state index in [1.807, 2.05) is 0 Å². The van der Waals surface area contributed by atoms with Gasteiger partial charge in [-0.1, -0.05) is 6.07 Å². The van der Waals surface area contributed by atoms with Gasteiger partial charge in [0.05, 0.1) is 0 Å². The zero-order chi connectivity index (χ0) is 14.1. The highest BCUT2D eigenvalue weighted by molar-refractivity contribution is 6.12. The molecule has 0 aliphatic carbocycles. The fourth-order valence-corrected chi connectivity index (χ4v) is 1.82. The highest BCUT2D eigenvalue weighted by atomic mass is 19.1. The van der Waals surface area contributed by atoms with Crippen LogP contribution in [0.1, 0.15) is 17.1 Å². The minimum absolute atomic E-state index is 0.0871. The van der Waals surface area contributed by atoms with E-state index in [0.717, 1.165) is 5.76 Å². The van der Waals surface area contributed by atoms with Crippen molar-refractivity contribution in [3.05, 3.63) is 65.0 Å². The van der Waals surface area contributed by atoms with Crippen LogP contribution in [-0.4, -0.2) is 11.9 Å². The molecule has 0 bridgehead atoms. The highest BCUT2D eigenvalue weighted by Gasteiger charge is 2.24. The Morgan fingerprint density at radius 3 is 2.80 bits per heavy atom. The number of carbonyl (C=O) groups is 1. The van der Waals surface area contributed by atoms with E-state index in [1.54, 1.807) is 25.1 Å². The van der Waals surface area contributed by atoms with E-state index in [9.17, 15) is 9.18 Å². The van der Waals surface area contributed by atoms with Crippen molar-refractivity contribution in [2.75, 3.05) is 0 Å². The van der Waals surface area contributed by atoms with E-state index >= 15 is 0 Å². The van der Waals surface area contributed by atoms with Gasteiger partial charge in [-0.15, -0.1) is 0 Å². The Labute approximate surface area is 114 Å². The summed E-state index contributed by atoms with van der Waals surface area (Å²) in [6, 6.07) is 9.22. The normalized spacial score (nSPS) is 16.4. The molecule has 0 fully saturated rings. The van der Waals surface area contributed by atoms with Gasteiger partial charge in [0.1, 0.15) is 17.3 Å². The van der Waals surface area contributed by atoms with Crippen LogP contribution < -0.4 is 0 Å². The fraction of sp³-hybridized carbons (Fsp3) is 0.0667. The van der Waals surface area contributed by atoms with Crippen LogP contribution in [0.2, 0.25) is 0 Å². The molecule has 1 aromatic heterocycles. The molecule has 3 rings (SSSR count). The van der Waals surface area contributed by atoms with Crippen molar-refractivity contribution in [2.24, 2.45) is 4.99 Å². The summed E-state index contributed by atoms with van der Waals surface area (Å²) in [5, 5.41) is 0. The minimum Gasteiger partial charge on any atom is -0.462 e. The molecule has 0 spiro atoms. The molecule has 0 amide bonds. The Bertz CT molecular complexity index is 743. The first-order valence-electron chi connectivity index (χ1n) is 5.97. The van der Waals surface area contributed by atoms with Gasteiger partial charge in [-0.3, -0.25) is 0 Å². The topological polar surface area (TPSA) is 51.8 Å². The quantitative estimate of drug-likeness (QED) is 0.623. The maximum Gasteiger partial charge on any atom is 0.363 e. The molecular weight excluding hydrogens is 261 g/mol. The molecule has 1 aliphatic heterocycles. The van der Waals surface area contributed by atoms with Crippen LogP contribution in [0, 0.1) is 12.7 Å². The SMILES string of the molecule is Cc1ccc(/C=C2/N=C(c3cccc(F)c3)OC2=O)o1. The van der Waals surface area contributed by atoms with Gasteiger partial charge in [0, 0.05) is 11.6 Å². The summed E-state index contributed by atoms with van der Waals surface area (Å²) in [6.45, 7) is 1.80. The second-order valence-electron chi connectivity index (χ2n) is 4.29. The minimum atomic E-state index is -0.585. The highest BCUT2D eigenvalue weighted by Crippen LogP contribution is 2.20. The fourth-order valence-electron chi connectivity index (χ4n) is 1.82. The third kappa shape index (κ3) is 2.38. The van der Waals surface area contributed by atoms with Crippen LogP contribution in [0.15, 0.2) is 51.5 Å². The first-order chi connectivity index (χ1) is 9.61. The number of rotatable bonds is 2. The number of ether oxygens (including phenoxy) is 1. The second-order valence-corrected chi connectivity index (χ2v) is 4.29. The zero-order valence-corrected chi connectivity index (χ0v) is 10.6. The summed E-state index contributed by atoms with van der Waals surface area (Å²) >= 11 is 0. The number of nitrogens with zero attached hydrogens (tertiary/aromatic N) is 1. The number of aryl methyl sites for hydroxylation is 1. The number of halogens is 1. The summed E-state index contributed by atoms with van der Waals surface area (Å²) in [5.74, 6) is 0.332. The van der Waals surface area contributed by atoms with Crippen molar-refractivity contribution in [3.8, 4) is 0 Å². The molecule has 1 aromatic carbocycles. The van der Waals surface area contributed by atoms with Crippen molar-refractivity contribution in [1.82, 2.24) is 0 Å². The number of furan rings is 1. The number of esters is 1. The Balaban J connectivity index is 1.94. The summed E-state index contributed by atoms with van der Waals surface area (Å²) in [4.78, 5) is 15.8. The lowest BCUT2D eigenvalue weighted by atomic mass is 10.2. The Kier molecular flexibility index (Phi) is 2.95. The largest absolute Gasteiger partial charge is 0.462 e. The molecule has 4 nitrogen and oxygen atoms in total. The van der Waals surface area contributed by atoms with Crippen LogP contribution >= 0.6 is 0 Å². The van der Waals surface area contributed by atoms with Crippen LogP contribution in [0.3, 0.4) is 0 Å². The van der Waals surface area contributed by atoms with E-state index in [2.05, 4.69) is 4.99 Å². The Morgan fingerprint density at radius 2 is 2.10 bits per heavy atom. The third-order valence-electron chi connectivity index (χ3n) is 2.73. The maximum absolute atomic E-state index is 13.1. The van der Waals surface area contributed by atoms with E-state index in [0.29, 0.717) is 11.3 Å². The molecule has 0 atom stereocenters. The number of hydrogen-bond donors (Lipinski definition) is 0. The lowest BCUT2D eigenvalue weighted by Gasteiger charge is -1.98. The van der Waals surface area contributed by atoms with Gasteiger partial charge in [0.25, 0.3) is 0 Å². The maximum atomic E-state index is 13.1. The van der Waals surface area contributed by atoms with Crippen LogP contribution in [-0.2, 0) is 9.53 Å². The number of benzene rings is 1. The number of aliphatic imine (C=N–C) groups is 1. The molecule has 2 heterocycles. The molecule has 0 saturated carbocycles. The predicted octanol–water partition coefficient (Wildman–Crippen LogP) is 3.07. The second kappa shape index (κ2) is 4.77. The molecule has 2 aromatic rings. The summed E-state index contributed by atoms with van der Waals surface area (Å²) in [6.07, 6.45) is 1.49. The van der Waals surface area contributed by atoms with E-state index in [1.165, 1.54) is 24.3 Å². The zero-order valence-electron chi connectivity index (χ0n) is 10.6. The number of carbonyl (C=O) groups excluding carboxylic acids is 1. The standard InChI is InChI=1S/C15H10FNO3/c1-9-5-6-12(19-9)8-13-15(18)20-14(17-13)10-3-2-4-11(16)7-10/h2-8H,1H3/b13-8+. The van der Waals surface area contributed by atoms with E-state index < -0.39 is 11.8 Å². The monoisotopic (exact) mass is 271 g/mol. The average molecular weight is 271 g/mol. The van der Waals surface area contributed by atoms with Gasteiger partial charge in [-0.05, 0) is 37.3 Å². The third-order valence-corrected chi connectivity index (χ3v) is 2.73. The molecule has 5 heteroatoms. The van der Waals surface area contributed by atoms with Gasteiger partial charge in [-0.2, -0.15) is 0 Å². The van der Waals surface area contributed by atoms with Gasteiger partial charge < -0.3 is 9.15 Å². The molecule has 0 N–H and O–H groups in total. The first-order valence-corrected chi connectivity index (χ1v) is 5.97. The number of hydrogen-bond acceptors (Lipinski definition) is 4. The lowest BCUT2D eigenvalue weighted by molar-refractivity contribution is -0.129. The van der Waals surface area contributed by atoms with E-state index in [-0.39, 0.29) is 11.6 Å². The van der Waals surface area contributed by atoms with Gasteiger partial charge in [0.2, 0.25) is 5.90 Å². The van der Waals surface area contributed by atoms with Gasteiger partial charge in [0.15, 0.2) is 5.70 Å². The van der Waals surface area contributed by atoms with Crippen LogP contribution in [0.5, 0.6) is 0 Å². The summed E-state index contributed by atoms with van der Waals surface area (Å²) in [7, 11) is 0. The van der Waals surface area contributed by atoms with E-state index in [4.69, 9.17) is 9.15 Å². The van der Waals surface area contributed by atoms with Crippen molar-refractivity contribution < 1.29 is 18.3 Å². The average Bonchev–Trinajstić information content (AvgIpc) is 2.97. The van der Waals surface area contributed by atoms with Crippen molar-refractivity contribution in [1.29, 1.82) is 0 Å². The lowest BCUT2D eigenvalue weighted by Crippen LogP contribution is -2.05. The molecule has 0 saturated heterocycles. The van der Waals surface area contributed by atoms with Crippen molar-refractivity contribution in [2.45, 2.75) is 6.92 Å². The molecule has 100 valence electrons. The summed E-state index contributed by atoms with van der Waals surface area (Å²) < 4.78 is 23.5. The summed E-state index contributed by atoms with van der Waals surface area (Å²) in [5.41, 5.74) is 0.538. The molecule has 1 aliphatic rings. The van der Waals surface area contributed by atoms with Gasteiger partial charge in [-0.25, -0.2) is 14.2 Å².